The molecular weight excluding hydrogens is 240 g/mol. The molecule has 3 N–H and O–H groups in total. The lowest BCUT2D eigenvalue weighted by atomic mass is 10.1. The SMILES string of the molecule is C#CCNCC(=O)Nc1cccc(-c2ccn[nH]2)c1. The van der Waals surface area contributed by atoms with Crippen molar-refractivity contribution in [2.45, 2.75) is 0 Å². The van der Waals surface area contributed by atoms with Crippen molar-refractivity contribution in [1.29, 1.82) is 0 Å². The topological polar surface area (TPSA) is 69.8 Å². The molecule has 1 amide bonds. The average Bonchev–Trinajstić information content (AvgIpc) is 2.93. The number of amides is 1. The van der Waals surface area contributed by atoms with Crippen molar-refractivity contribution in [2.24, 2.45) is 0 Å². The molecular formula is C14H14N4O. The van der Waals surface area contributed by atoms with Crippen LogP contribution in [0.2, 0.25) is 0 Å². The molecule has 0 saturated carbocycles. The first kappa shape index (κ1) is 12.9. The maximum absolute atomic E-state index is 11.6. The van der Waals surface area contributed by atoms with Gasteiger partial charge in [-0.3, -0.25) is 15.2 Å². The molecule has 0 unspecified atom stereocenters. The number of benzene rings is 1. The Balaban J connectivity index is 2.00. The van der Waals surface area contributed by atoms with Gasteiger partial charge in [-0.15, -0.1) is 6.42 Å². The molecule has 2 aromatic rings. The maximum atomic E-state index is 11.6. The summed E-state index contributed by atoms with van der Waals surface area (Å²) in [5, 5.41) is 12.4. The highest BCUT2D eigenvalue weighted by Gasteiger charge is 2.03. The van der Waals surface area contributed by atoms with Gasteiger partial charge < -0.3 is 5.32 Å². The molecule has 19 heavy (non-hydrogen) atoms. The van der Waals surface area contributed by atoms with Gasteiger partial charge in [0, 0.05) is 17.4 Å². The third-order valence-corrected chi connectivity index (χ3v) is 2.47. The first-order valence-corrected chi connectivity index (χ1v) is 5.83. The third kappa shape index (κ3) is 3.69. The Hall–Kier alpha value is -2.58. The van der Waals surface area contributed by atoms with E-state index in [1.54, 1.807) is 6.20 Å². The first-order valence-electron chi connectivity index (χ1n) is 5.83. The van der Waals surface area contributed by atoms with Gasteiger partial charge in [0.05, 0.1) is 18.8 Å². The van der Waals surface area contributed by atoms with Crippen molar-refractivity contribution < 1.29 is 4.79 Å². The summed E-state index contributed by atoms with van der Waals surface area (Å²) < 4.78 is 0. The van der Waals surface area contributed by atoms with Crippen LogP contribution in [0.3, 0.4) is 0 Å². The number of H-pyrrole nitrogens is 1. The van der Waals surface area contributed by atoms with E-state index in [1.807, 2.05) is 30.3 Å². The summed E-state index contributed by atoms with van der Waals surface area (Å²) >= 11 is 0. The van der Waals surface area contributed by atoms with Crippen LogP contribution in [0.4, 0.5) is 5.69 Å². The number of hydrogen-bond acceptors (Lipinski definition) is 3. The van der Waals surface area contributed by atoms with Gasteiger partial charge in [0.25, 0.3) is 0 Å². The second-order valence-corrected chi connectivity index (χ2v) is 3.91. The number of hydrogen-bond donors (Lipinski definition) is 3. The van der Waals surface area contributed by atoms with E-state index in [4.69, 9.17) is 6.42 Å². The second kappa shape index (κ2) is 6.38. The van der Waals surface area contributed by atoms with E-state index in [0.717, 1.165) is 16.9 Å². The van der Waals surface area contributed by atoms with Gasteiger partial charge in [0.15, 0.2) is 0 Å². The average molecular weight is 254 g/mol. The Morgan fingerprint density at radius 2 is 2.32 bits per heavy atom. The Labute approximate surface area is 111 Å². The smallest absolute Gasteiger partial charge is 0.238 e. The van der Waals surface area contributed by atoms with Crippen molar-refractivity contribution in [3.63, 3.8) is 0 Å². The van der Waals surface area contributed by atoms with E-state index >= 15 is 0 Å². The first-order chi connectivity index (χ1) is 9.29. The van der Waals surface area contributed by atoms with Crippen LogP contribution < -0.4 is 10.6 Å². The Kier molecular flexibility index (Phi) is 4.32. The van der Waals surface area contributed by atoms with Gasteiger partial charge in [-0.1, -0.05) is 18.1 Å². The van der Waals surface area contributed by atoms with E-state index in [9.17, 15) is 4.79 Å². The lowest BCUT2D eigenvalue weighted by Crippen LogP contribution is -2.28. The fraction of sp³-hybridized carbons (Fsp3) is 0.143. The third-order valence-electron chi connectivity index (χ3n) is 2.47. The van der Waals surface area contributed by atoms with Crippen LogP contribution in [-0.2, 0) is 4.79 Å². The molecule has 2 rings (SSSR count). The van der Waals surface area contributed by atoms with Crippen molar-refractivity contribution >= 4 is 11.6 Å². The van der Waals surface area contributed by atoms with Gasteiger partial charge >= 0.3 is 0 Å². The molecule has 0 atom stereocenters. The normalized spacial score (nSPS) is 9.84. The molecule has 1 aromatic heterocycles. The van der Waals surface area contributed by atoms with Gasteiger partial charge in [-0.25, -0.2) is 0 Å². The largest absolute Gasteiger partial charge is 0.325 e. The fourth-order valence-electron chi connectivity index (χ4n) is 1.63. The number of nitrogens with one attached hydrogen (secondary N) is 3. The zero-order valence-electron chi connectivity index (χ0n) is 10.3. The number of rotatable bonds is 5. The van der Waals surface area contributed by atoms with Crippen molar-refractivity contribution in [1.82, 2.24) is 15.5 Å². The zero-order valence-corrected chi connectivity index (χ0v) is 10.3. The second-order valence-electron chi connectivity index (χ2n) is 3.91. The monoisotopic (exact) mass is 254 g/mol. The number of aromatic nitrogens is 2. The summed E-state index contributed by atoms with van der Waals surface area (Å²) in [5.41, 5.74) is 2.60. The number of nitrogens with zero attached hydrogens (tertiary/aromatic N) is 1. The van der Waals surface area contributed by atoms with Crippen LogP contribution in [0.1, 0.15) is 0 Å². The molecule has 5 nitrogen and oxygen atoms in total. The molecule has 0 bridgehead atoms. The minimum atomic E-state index is -0.128. The Morgan fingerprint density at radius 3 is 3.05 bits per heavy atom. The van der Waals surface area contributed by atoms with Crippen molar-refractivity contribution in [2.75, 3.05) is 18.4 Å². The maximum Gasteiger partial charge on any atom is 0.238 e. The van der Waals surface area contributed by atoms with Crippen molar-refractivity contribution in [3.8, 4) is 23.6 Å². The van der Waals surface area contributed by atoms with Gasteiger partial charge in [-0.2, -0.15) is 5.10 Å². The summed E-state index contributed by atoms with van der Waals surface area (Å²) in [4.78, 5) is 11.6. The highest BCUT2D eigenvalue weighted by atomic mass is 16.1. The molecule has 0 radical (unpaired) electrons. The zero-order chi connectivity index (χ0) is 13.5. The summed E-state index contributed by atoms with van der Waals surface area (Å²) in [6.07, 6.45) is 6.77. The summed E-state index contributed by atoms with van der Waals surface area (Å²) in [6.45, 7) is 0.570. The molecule has 0 fully saturated rings. The predicted molar refractivity (Wildman–Crippen MR) is 74.4 cm³/mol. The predicted octanol–water partition coefficient (Wildman–Crippen LogP) is 1.24. The standard InChI is InChI=1S/C14H14N4O/c1-2-7-15-10-14(19)17-12-5-3-4-11(9-12)13-6-8-16-18-13/h1,3-6,8-9,15H,7,10H2,(H,16,18)(H,17,19). The fourth-order valence-corrected chi connectivity index (χ4v) is 1.63. The summed E-state index contributed by atoms with van der Waals surface area (Å²) in [5.74, 6) is 2.28. The highest BCUT2D eigenvalue weighted by Crippen LogP contribution is 2.20. The van der Waals surface area contributed by atoms with Crippen LogP contribution in [0.15, 0.2) is 36.5 Å². The van der Waals surface area contributed by atoms with Gasteiger partial charge in [0.2, 0.25) is 5.91 Å². The molecule has 1 heterocycles. The van der Waals surface area contributed by atoms with Crippen LogP contribution in [0.25, 0.3) is 11.3 Å². The number of carbonyl (C=O) groups excluding carboxylic acids is 1. The van der Waals surface area contributed by atoms with Crippen LogP contribution >= 0.6 is 0 Å². The van der Waals surface area contributed by atoms with Crippen LogP contribution in [0.5, 0.6) is 0 Å². The lowest BCUT2D eigenvalue weighted by molar-refractivity contribution is -0.115. The molecule has 5 heteroatoms. The summed E-state index contributed by atoms with van der Waals surface area (Å²) in [7, 11) is 0. The van der Waals surface area contributed by atoms with E-state index < -0.39 is 0 Å². The van der Waals surface area contributed by atoms with E-state index in [1.165, 1.54) is 0 Å². The quantitative estimate of drug-likeness (QED) is 0.555. The van der Waals surface area contributed by atoms with E-state index in [2.05, 4.69) is 26.8 Å². The minimum absolute atomic E-state index is 0.128. The van der Waals surface area contributed by atoms with Crippen LogP contribution in [0, 0.1) is 12.3 Å². The molecule has 0 aliphatic rings. The van der Waals surface area contributed by atoms with Gasteiger partial charge in [0.1, 0.15) is 0 Å². The van der Waals surface area contributed by atoms with Gasteiger partial charge in [-0.05, 0) is 18.2 Å². The molecule has 0 aliphatic carbocycles. The number of anilines is 1. The molecule has 1 aromatic carbocycles. The van der Waals surface area contributed by atoms with Crippen molar-refractivity contribution in [3.05, 3.63) is 36.5 Å². The Bertz CT molecular complexity index is 584. The molecule has 0 saturated heterocycles. The Morgan fingerprint density at radius 1 is 1.42 bits per heavy atom. The lowest BCUT2D eigenvalue weighted by Gasteiger charge is -2.06. The number of terminal acetylenes is 1. The minimum Gasteiger partial charge on any atom is -0.325 e. The molecule has 0 aliphatic heterocycles. The molecule has 0 spiro atoms. The molecule has 96 valence electrons. The van der Waals surface area contributed by atoms with E-state index in [-0.39, 0.29) is 12.5 Å². The number of carbonyl (C=O) groups is 1. The van der Waals surface area contributed by atoms with Crippen LogP contribution in [-0.4, -0.2) is 29.2 Å². The summed E-state index contributed by atoms with van der Waals surface area (Å²) in [6, 6.07) is 9.40. The van der Waals surface area contributed by atoms with E-state index in [0.29, 0.717) is 6.54 Å². The highest BCUT2D eigenvalue weighted by molar-refractivity contribution is 5.92. The number of aromatic amines is 1.